The van der Waals surface area contributed by atoms with Crippen molar-refractivity contribution >= 4 is 5.97 Å². The number of halogens is 6. The molecule has 1 aliphatic carbocycles. The Bertz CT molecular complexity index is 1340. The summed E-state index contributed by atoms with van der Waals surface area (Å²) in [6.45, 7) is 3.10. The number of piperidine rings is 1. The molecule has 4 aliphatic rings. The fourth-order valence-corrected chi connectivity index (χ4v) is 7.68. The first-order chi connectivity index (χ1) is 20.3. The molecular weight excluding hydrogens is 576 g/mol. The van der Waals surface area contributed by atoms with E-state index in [0.29, 0.717) is 50.4 Å². The van der Waals surface area contributed by atoms with Crippen molar-refractivity contribution in [3.8, 4) is 5.75 Å². The number of aryl methyl sites for hydroxylation is 1. The molecule has 0 spiro atoms. The number of alkyl halides is 6. The van der Waals surface area contributed by atoms with Gasteiger partial charge in [-0.3, -0.25) is 9.69 Å². The van der Waals surface area contributed by atoms with Crippen molar-refractivity contribution in [1.82, 2.24) is 4.90 Å². The highest BCUT2D eigenvalue weighted by Crippen LogP contribution is 2.49. The second-order valence-electron chi connectivity index (χ2n) is 12.7. The maximum Gasteiger partial charge on any atom is 0.416 e. The van der Waals surface area contributed by atoms with Gasteiger partial charge in [-0.2, -0.15) is 26.3 Å². The van der Waals surface area contributed by atoms with E-state index in [1.54, 1.807) is 6.92 Å². The molecule has 2 aromatic rings. The van der Waals surface area contributed by atoms with Crippen LogP contribution >= 0.6 is 0 Å². The lowest BCUT2D eigenvalue weighted by molar-refractivity contribution is -0.142. The highest BCUT2D eigenvalue weighted by atomic mass is 19.4. The van der Waals surface area contributed by atoms with Crippen LogP contribution in [0, 0.1) is 29.6 Å². The quantitative estimate of drug-likeness (QED) is 0.341. The molecule has 3 heterocycles. The molecular formula is C32H35F6NO4. The molecule has 0 amide bonds. The molecule has 5 atom stereocenters. The maximum absolute atomic E-state index is 13.7. The summed E-state index contributed by atoms with van der Waals surface area (Å²) >= 11 is 0. The van der Waals surface area contributed by atoms with E-state index in [0.717, 1.165) is 42.6 Å². The minimum absolute atomic E-state index is 0.0476. The molecule has 11 heteroatoms. The molecule has 43 heavy (non-hydrogen) atoms. The smallest absolute Gasteiger partial charge is 0.416 e. The molecule has 1 N–H and O–H groups in total. The lowest BCUT2D eigenvalue weighted by Crippen LogP contribution is -2.57. The van der Waals surface area contributed by atoms with Gasteiger partial charge in [0, 0.05) is 37.4 Å². The van der Waals surface area contributed by atoms with Crippen molar-refractivity contribution in [1.29, 1.82) is 0 Å². The zero-order valence-corrected chi connectivity index (χ0v) is 23.8. The summed E-state index contributed by atoms with van der Waals surface area (Å²) in [6.07, 6.45) is -6.06. The van der Waals surface area contributed by atoms with Crippen LogP contribution in [0.4, 0.5) is 26.3 Å². The summed E-state index contributed by atoms with van der Waals surface area (Å²) in [5.41, 5.74) is -0.480. The van der Waals surface area contributed by atoms with Gasteiger partial charge in [-0.25, -0.2) is 0 Å². The predicted octanol–water partition coefficient (Wildman–Crippen LogP) is 7.03. The number of carboxylic acid groups (broad SMARTS) is 1. The summed E-state index contributed by atoms with van der Waals surface area (Å²) in [5.74, 6) is -0.317. The lowest BCUT2D eigenvalue weighted by atomic mass is 9.71. The Hall–Kier alpha value is -2.79. The minimum Gasteiger partial charge on any atom is -0.490 e. The van der Waals surface area contributed by atoms with Crippen molar-refractivity contribution in [2.75, 3.05) is 26.3 Å². The summed E-state index contributed by atoms with van der Waals surface area (Å²) in [5, 5.41) is 9.70. The number of rotatable bonds is 7. The Kier molecular flexibility index (Phi) is 7.94. The normalized spacial score (nSPS) is 27.6. The third-order valence-electron chi connectivity index (χ3n) is 9.81. The molecule has 2 bridgehead atoms. The van der Waals surface area contributed by atoms with Gasteiger partial charge in [0.25, 0.3) is 0 Å². The predicted molar refractivity (Wildman–Crippen MR) is 144 cm³/mol. The topological polar surface area (TPSA) is 59.0 Å². The van der Waals surface area contributed by atoms with Crippen molar-refractivity contribution in [3.63, 3.8) is 0 Å². The van der Waals surface area contributed by atoms with Crippen molar-refractivity contribution in [2.24, 2.45) is 29.6 Å². The van der Waals surface area contributed by atoms with Crippen LogP contribution in [0.1, 0.15) is 59.9 Å². The molecule has 2 saturated heterocycles. The maximum atomic E-state index is 13.7. The Balaban J connectivity index is 1.20. The minimum atomic E-state index is -4.76. The van der Waals surface area contributed by atoms with Crippen LogP contribution in [0.3, 0.4) is 0 Å². The van der Waals surface area contributed by atoms with Crippen LogP contribution in [-0.4, -0.2) is 48.4 Å². The molecule has 3 aliphatic heterocycles. The van der Waals surface area contributed by atoms with Gasteiger partial charge >= 0.3 is 18.3 Å². The molecule has 3 unspecified atom stereocenters. The van der Waals surface area contributed by atoms with E-state index in [1.165, 1.54) is 0 Å². The van der Waals surface area contributed by atoms with E-state index < -0.39 is 35.4 Å². The number of aliphatic carboxylic acids is 1. The summed E-state index contributed by atoms with van der Waals surface area (Å²) in [6, 6.07) is 7.69. The average molecular weight is 612 g/mol. The Morgan fingerprint density at radius 3 is 2.28 bits per heavy atom. The van der Waals surface area contributed by atoms with E-state index in [4.69, 9.17) is 9.47 Å². The van der Waals surface area contributed by atoms with E-state index in [-0.39, 0.29) is 41.9 Å². The molecule has 1 saturated carbocycles. The van der Waals surface area contributed by atoms with E-state index in [2.05, 4.69) is 0 Å². The number of carboxylic acids is 1. The number of fused-ring (bicyclic) bond motifs is 3. The molecule has 6 rings (SSSR count). The zero-order valence-electron chi connectivity index (χ0n) is 23.8. The first-order valence-electron chi connectivity index (χ1n) is 14.9. The van der Waals surface area contributed by atoms with Gasteiger partial charge in [-0.15, -0.1) is 0 Å². The second-order valence-corrected chi connectivity index (χ2v) is 12.7. The lowest BCUT2D eigenvalue weighted by Gasteiger charge is -2.50. The molecule has 0 radical (unpaired) electrons. The van der Waals surface area contributed by atoms with Gasteiger partial charge in [0.05, 0.1) is 30.3 Å². The number of hydrogen-bond acceptors (Lipinski definition) is 4. The highest BCUT2D eigenvalue weighted by Gasteiger charge is 2.47. The number of nitrogens with zero attached hydrogens (tertiary/aromatic N) is 1. The third kappa shape index (κ3) is 6.25. The third-order valence-corrected chi connectivity index (χ3v) is 9.81. The highest BCUT2D eigenvalue weighted by molar-refractivity contribution is 5.71. The Morgan fingerprint density at radius 2 is 1.67 bits per heavy atom. The SMILES string of the molecule is C[C@H](C(=O)O)[C@H](c1ccc2c(c1)OC(C1C3COCC1CN(Cc1cc(C(F)(F)F)ccc1C(F)(F)F)C3)CC2)C1CC1. The largest absolute Gasteiger partial charge is 0.490 e. The number of likely N-dealkylation sites (tertiary alicyclic amines) is 1. The van der Waals surface area contributed by atoms with E-state index in [1.807, 2.05) is 23.1 Å². The van der Waals surface area contributed by atoms with Gasteiger partial charge in [0.2, 0.25) is 0 Å². The average Bonchev–Trinajstić information content (AvgIpc) is 3.76. The standard InChI is InChI=1S/C32H35F6NO4/c1-17(30(40)41)28(19-3-4-19)20-5-2-18-6-9-26(43-27(18)11-20)29-22-13-39(14-23(29)16-42-15-22)12-21-10-24(31(33,34)35)7-8-25(21)32(36,37)38/h2,5,7-8,10-11,17,19,22-23,26,28-29H,3-4,6,9,12-16H2,1H3,(H,40,41)/t17-,22?,23?,26?,28-,29?/m0/s1. The fourth-order valence-electron chi connectivity index (χ4n) is 7.68. The van der Waals surface area contributed by atoms with Crippen LogP contribution in [0.5, 0.6) is 5.75 Å². The van der Waals surface area contributed by atoms with Crippen LogP contribution in [0.2, 0.25) is 0 Å². The van der Waals surface area contributed by atoms with Gasteiger partial charge in [-0.1, -0.05) is 19.1 Å². The van der Waals surface area contributed by atoms with E-state index in [9.17, 15) is 36.2 Å². The van der Waals surface area contributed by atoms with Gasteiger partial charge < -0.3 is 14.6 Å². The first kappa shape index (κ1) is 30.2. The van der Waals surface area contributed by atoms with Crippen LogP contribution in [0.25, 0.3) is 0 Å². The molecule has 3 fully saturated rings. The second kappa shape index (κ2) is 11.3. The van der Waals surface area contributed by atoms with Crippen LogP contribution in [-0.2, 0) is 34.8 Å². The molecule has 0 aromatic heterocycles. The Labute approximate surface area is 246 Å². The number of ether oxygens (including phenoxy) is 2. The molecule has 234 valence electrons. The molecule has 2 aromatic carbocycles. The molecule has 5 nitrogen and oxygen atoms in total. The van der Waals surface area contributed by atoms with Gasteiger partial charge in [0.1, 0.15) is 11.9 Å². The zero-order chi connectivity index (χ0) is 30.7. The summed E-state index contributed by atoms with van der Waals surface area (Å²) in [7, 11) is 0. The Morgan fingerprint density at radius 1 is 0.977 bits per heavy atom. The van der Waals surface area contributed by atoms with Crippen molar-refractivity contribution in [3.05, 3.63) is 64.2 Å². The van der Waals surface area contributed by atoms with Gasteiger partial charge in [-0.05, 0) is 78.5 Å². The number of benzene rings is 2. The number of carbonyl (C=O) groups is 1. The summed E-state index contributed by atoms with van der Waals surface area (Å²) < 4.78 is 93.7. The van der Waals surface area contributed by atoms with Crippen molar-refractivity contribution < 1.29 is 45.7 Å². The van der Waals surface area contributed by atoms with Gasteiger partial charge in [0.15, 0.2) is 0 Å². The van der Waals surface area contributed by atoms with Crippen LogP contribution in [0.15, 0.2) is 36.4 Å². The monoisotopic (exact) mass is 611 g/mol. The van der Waals surface area contributed by atoms with Crippen LogP contribution < -0.4 is 4.74 Å². The number of hydrogen-bond donors (Lipinski definition) is 1. The fraction of sp³-hybridized carbons (Fsp3) is 0.594. The van der Waals surface area contributed by atoms with Crippen molar-refractivity contribution in [2.45, 2.75) is 63.5 Å². The summed E-state index contributed by atoms with van der Waals surface area (Å²) in [4.78, 5) is 13.6. The van der Waals surface area contributed by atoms with E-state index >= 15 is 0 Å². The first-order valence-corrected chi connectivity index (χ1v) is 14.9.